The summed E-state index contributed by atoms with van der Waals surface area (Å²) < 4.78 is 22.6. The summed E-state index contributed by atoms with van der Waals surface area (Å²) in [5.74, 6) is 0.946. The number of ether oxygens (including phenoxy) is 4. The fourth-order valence-corrected chi connectivity index (χ4v) is 3.62. The zero-order valence-corrected chi connectivity index (χ0v) is 19.9. The second-order valence-electron chi connectivity index (χ2n) is 8.39. The summed E-state index contributed by atoms with van der Waals surface area (Å²) >= 11 is 0. The van der Waals surface area contributed by atoms with Crippen LogP contribution in [0.15, 0.2) is 72.8 Å². The van der Waals surface area contributed by atoms with Crippen molar-refractivity contribution in [3.05, 3.63) is 89.5 Å². The van der Waals surface area contributed by atoms with Crippen LogP contribution >= 0.6 is 0 Å². The molecule has 0 unspecified atom stereocenters. The Kier molecular flexibility index (Phi) is 8.00. The van der Waals surface area contributed by atoms with Gasteiger partial charge in [-0.2, -0.15) is 0 Å². The number of esters is 1. The first-order valence-electron chi connectivity index (χ1n) is 11.6. The Bertz CT molecular complexity index is 1140. The first-order valence-corrected chi connectivity index (χ1v) is 11.6. The van der Waals surface area contributed by atoms with E-state index in [9.17, 15) is 9.59 Å². The van der Waals surface area contributed by atoms with Crippen LogP contribution in [0.1, 0.15) is 39.6 Å². The van der Waals surface area contributed by atoms with Gasteiger partial charge in [0.25, 0.3) is 5.91 Å². The van der Waals surface area contributed by atoms with Gasteiger partial charge in [0.2, 0.25) is 0 Å². The number of nitrogens with zero attached hydrogens (tertiary/aromatic N) is 1. The molecule has 0 aliphatic carbocycles. The maximum atomic E-state index is 12.4. The number of carbonyl (C=O) groups is 2. The highest BCUT2D eigenvalue weighted by Gasteiger charge is 2.21. The van der Waals surface area contributed by atoms with E-state index in [4.69, 9.17) is 18.9 Å². The topological polar surface area (TPSA) is 74.3 Å². The second-order valence-corrected chi connectivity index (χ2v) is 8.39. The van der Waals surface area contributed by atoms with Gasteiger partial charge in [-0.15, -0.1) is 0 Å². The average Bonchev–Trinajstić information content (AvgIpc) is 2.83. The molecule has 4 rings (SSSR count). The summed E-state index contributed by atoms with van der Waals surface area (Å²) in [5, 5.41) is 0. The molecule has 0 bridgehead atoms. The third kappa shape index (κ3) is 6.61. The Labute approximate surface area is 205 Å². The standard InChI is InChI=1S/C28H29NO6/c1-20(18-33-19-21-7-4-3-5-8-21)34-25-15-23(28(31)32-2)16-26(17-25)35-24-11-9-22(10-12-24)27(30)29-13-6-14-29/h3-5,7-12,15-17,20H,6,13-14,18-19H2,1-2H3/t20-/m0/s1. The van der Waals surface area contributed by atoms with Crippen LogP contribution in [-0.2, 0) is 16.1 Å². The van der Waals surface area contributed by atoms with Gasteiger partial charge in [-0.3, -0.25) is 4.79 Å². The molecule has 0 saturated carbocycles. The molecule has 3 aromatic carbocycles. The summed E-state index contributed by atoms with van der Waals surface area (Å²) in [7, 11) is 1.32. The lowest BCUT2D eigenvalue weighted by Gasteiger charge is -2.30. The summed E-state index contributed by atoms with van der Waals surface area (Å²) in [6, 6.07) is 21.8. The van der Waals surface area contributed by atoms with Gasteiger partial charge in [0, 0.05) is 24.7 Å². The van der Waals surface area contributed by atoms with Crippen LogP contribution in [0.3, 0.4) is 0 Å². The van der Waals surface area contributed by atoms with Crippen molar-refractivity contribution in [1.29, 1.82) is 0 Å². The van der Waals surface area contributed by atoms with Crippen molar-refractivity contribution in [3.63, 3.8) is 0 Å². The van der Waals surface area contributed by atoms with Crippen LogP contribution in [0.2, 0.25) is 0 Å². The van der Waals surface area contributed by atoms with E-state index in [0.717, 1.165) is 25.1 Å². The molecule has 0 spiro atoms. The molecule has 35 heavy (non-hydrogen) atoms. The molecule has 7 nitrogen and oxygen atoms in total. The van der Waals surface area contributed by atoms with Gasteiger partial charge in [-0.1, -0.05) is 30.3 Å². The number of hydrogen-bond acceptors (Lipinski definition) is 6. The van der Waals surface area contributed by atoms with Crippen LogP contribution < -0.4 is 9.47 Å². The Balaban J connectivity index is 1.41. The minimum atomic E-state index is -0.497. The van der Waals surface area contributed by atoms with E-state index in [-0.39, 0.29) is 12.0 Å². The molecular weight excluding hydrogens is 446 g/mol. The number of carbonyl (C=O) groups excluding carboxylic acids is 2. The number of benzene rings is 3. The van der Waals surface area contributed by atoms with Crippen molar-refractivity contribution >= 4 is 11.9 Å². The third-order valence-electron chi connectivity index (χ3n) is 5.58. The van der Waals surface area contributed by atoms with Crippen LogP contribution in [0.25, 0.3) is 0 Å². The largest absolute Gasteiger partial charge is 0.488 e. The van der Waals surface area contributed by atoms with Crippen LogP contribution in [0.4, 0.5) is 0 Å². The molecule has 7 heteroatoms. The molecule has 1 aliphatic heterocycles. The average molecular weight is 476 g/mol. The molecule has 1 fully saturated rings. The highest BCUT2D eigenvalue weighted by molar-refractivity contribution is 5.94. The van der Waals surface area contributed by atoms with Crippen molar-refractivity contribution < 1.29 is 28.5 Å². The number of amides is 1. The van der Waals surface area contributed by atoms with Crippen LogP contribution in [0.5, 0.6) is 17.2 Å². The van der Waals surface area contributed by atoms with Crippen LogP contribution in [-0.4, -0.2) is 49.7 Å². The molecule has 3 aromatic rings. The maximum Gasteiger partial charge on any atom is 0.338 e. The molecular formula is C28H29NO6. The van der Waals surface area contributed by atoms with Crippen molar-refractivity contribution in [2.75, 3.05) is 26.8 Å². The Morgan fingerprint density at radius 2 is 1.60 bits per heavy atom. The first kappa shape index (κ1) is 24.3. The van der Waals surface area contributed by atoms with Gasteiger partial charge in [-0.25, -0.2) is 4.79 Å². The van der Waals surface area contributed by atoms with Gasteiger partial charge >= 0.3 is 5.97 Å². The first-order chi connectivity index (χ1) is 17.0. The van der Waals surface area contributed by atoms with Crippen molar-refractivity contribution in [3.8, 4) is 17.2 Å². The number of hydrogen-bond donors (Lipinski definition) is 0. The predicted octanol–water partition coefficient (Wildman–Crippen LogP) is 5.10. The highest BCUT2D eigenvalue weighted by Crippen LogP contribution is 2.29. The van der Waals surface area contributed by atoms with E-state index in [2.05, 4.69) is 0 Å². The highest BCUT2D eigenvalue weighted by atomic mass is 16.5. The Morgan fingerprint density at radius 1 is 0.886 bits per heavy atom. The molecule has 1 amide bonds. The summed E-state index contributed by atoms with van der Waals surface area (Å²) in [6.07, 6.45) is 0.789. The van der Waals surface area contributed by atoms with E-state index >= 15 is 0 Å². The maximum absolute atomic E-state index is 12.4. The molecule has 1 atom stereocenters. The minimum Gasteiger partial charge on any atom is -0.488 e. The Morgan fingerprint density at radius 3 is 2.26 bits per heavy atom. The van der Waals surface area contributed by atoms with E-state index in [1.807, 2.05) is 42.2 Å². The lowest BCUT2D eigenvalue weighted by atomic mass is 10.1. The summed E-state index contributed by atoms with van der Waals surface area (Å²) in [4.78, 5) is 26.4. The number of methoxy groups -OCH3 is 1. The van der Waals surface area contributed by atoms with E-state index < -0.39 is 5.97 Å². The molecule has 1 aliphatic rings. The van der Waals surface area contributed by atoms with Gasteiger partial charge in [-0.05, 0) is 55.3 Å². The van der Waals surface area contributed by atoms with E-state index in [1.165, 1.54) is 7.11 Å². The lowest BCUT2D eigenvalue weighted by Crippen LogP contribution is -2.41. The normalized spacial score (nSPS) is 13.5. The fraction of sp³-hybridized carbons (Fsp3) is 0.286. The van der Waals surface area contributed by atoms with Crippen LogP contribution in [0, 0.1) is 0 Å². The zero-order chi connectivity index (χ0) is 24.6. The van der Waals surface area contributed by atoms with Crippen molar-refractivity contribution in [1.82, 2.24) is 4.90 Å². The number of rotatable bonds is 10. The van der Waals surface area contributed by atoms with E-state index in [0.29, 0.717) is 41.6 Å². The fourth-order valence-electron chi connectivity index (χ4n) is 3.62. The SMILES string of the molecule is COC(=O)c1cc(Oc2ccc(C(=O)N3CCC3)cc2)cc(O[C@@H](C)COCc2ccccc2)c1. The molecule has 0 radical (unpaired) electrons. The van der Waals surface area contributed by atoms with Gasteiger partial charge in [0.15, 0.2) is 0 Å². The number of likely N-dealkylation sites (tertiary alicyclic amines) is 1. The monoisotopic (exact) mass is 475 g/mol. The third-order valence-corrected chi connectivity index (χ3v) is 5.58. The molecule has 1 saturated heterocycles. The smallest absolute Gasteiger partial charge is 0.338 e. The molecule has 0 N–H and O–H groups in total. The zero-order valence-electron chi connectivity index (χ0n) is 19.9. The van der Waals surface area contributed by atoms with E-state index in [1.54, 1.807) is 42.5 Å². The van der Waals surface area contributed by atoms with Crippen molar-refractivity contribution in [2.24, 2.45) is 0 Å². The van der Waals surface area contributed by atoms with Crippen molar-refractivity contribution in [2.45, 2.75) is 26.1 Å². The second kappa shape index (κ2) is 11.5. The van der Waals surface area contributed by atoms with Gasteiger partial charge in [0.1, 0.15) is 23.4 Å². The molecule has 0 aromatic heterocycles. The van der Waals surface area contributed by atoms with Gasteiger partial charge < -0.3 is 23.8 Å². The molecule has 182 valence electrons. The predicted molar refractivity (Wildman–Crippen MR) is 131 cm³/mol. The molecule has 1 heterocycles. The summed E-state index contributed by atoms with van der Waals surface area (Å²) in [6.45, 7) is 4.36. The Hall–Kier alpha value is -3.84. The summed E-state index contributed by atoms with van der Waals surface area (Å²) in [5.41, 5.74) is 2.01. The quantitative estimate of drug-likeness (QED) is 0.380. The van der Waals surface area contributed by atoms with Gasteiger partial charge in [0.05, 0.1) is 25.9 Å². The minimum absolute atomic E-state index is 0.0228. The lowest BCUT2D eigenvalue weighted by molar-refractivity contribution is 0.0489.